The predicted octanol–water partition coefficient (Wildman–Crippen LogP) is 3.71. The van der Waals surface area contributed by atoms with Gasteiger partial charge >= 0.3 is 0 Å². The fraction of sp³-hybridized carbons (Fsp3) is 0.400. The highest BCUT2D eigenvalue weighted by molar-refractivity contribution is 9.10. The number of piperidine rings is 1. The number of benzene rings is 1. The number of carbonyl (C=O) groups is 1. The number of ether oxygens (including phenoxy) is 2. The van der Waals surface area contributed by atoms with Crippen LogP contribution in [0, 0.1) is 5.92 Å². The summed E-state index contributed by atoms with van der Waals surface area (Å²) in [5.41, 5.74) is 1.14. The Morgan fingerprint density at radius 2 is 2.00 bits per heavy atom. The number of hydrogen-bond donors (Lipinski definition) is 1. The van der Waals surface area contributed by atoms with Crippen molar-refractivity contribution in [1.29, 1.82) is 0 Å². The molecular formula is C20H24BrN3O3. The van der Waals surface area contributed by atoms with Crippen LogP contribution in [-0.2, 0) is 11.3 Å². The van der Waals surface area contributed by atoms with E-state index in [1.807, 2.05) is 30.3 Å². The van der Waals surface area contributed by atoms with Crippen molar-refractivity contribution in [3.05, 3.63) is 46.6 Å². The third-order valence-electron chi connectivity index (χ3n) is 4.83. The van der Waals surface area contributed by atoms with Gasteiger partial charge in [-0.05, 0) is 65.6 Å². The third kappa shape index (κ3) is 4.78. The van der Waals surface area contributed by atoms with Gasteiger partial charge < -0.3 is 14.8 Å². The van der Waals surface area contributed by atoms with Crippen molar-refractivity contribution in [3.8, 4) is 11.5 Å². The first-order chi connectivity index (χ1) is 13.1. The monoisotopic (exact) mass is 433 g/mol. The van der Waals surface area contributed by atoms with Gasteiger partial charge in [-0.25, -0.2) is 4.98 Å². The van der Waals surface area contributed by atoms with E-state index in [0.29, 0.717) is 17.3 Å². The molecule has 1 aromatic heterocycles. The molecule has 0 atom stereocenters. The zero-order valence-electron chi connectivity index (χ0n) is 15.6. The number of halogens is 1. The van der Waals surface area contributed by atoms with Crippen LogP contribution in [0.5, 0.6) is 11.5 Å². The van der Waals surface area contributed by atoms with E-state index >= 15 is 0 Å². The average Bonchev–Trinajstić information content (AvgIpc) is 2.70. The van der Waals surface area contributed by atoms with Crippen molar-refractivity contribution in [1.82, 2.24) is 9.88 Å². The number of aromatic nitrogens is 1. The standard InChI is InChI=1S/C20H24BrN3O3/c1-26-16-7-6-15(18(21)19(16)27-2)13-24-11-8-14(9-12-24)20(25)23-17-5-3-4-10-22-17/h3-7,10,14H,8-9,11-13H2,1-2H3,(H,22,23,25). The molecule has 2 aromatic rings. The molecule has 1 saturated heterocycles. The number of hydrogen-bond acceptors (Lipinski definition) is 5. The van der Waals surface area contributed by atoms with Crippen molar-refractivity contribution >= 4 is 27.7 Å². The van der Waals surface area contributed by atoms with Crippen molar-refractivity contribution in [2.75, 3.05) is 32.6 Å². The van der Waals surface area contributed by atoms with Gasteiger partial charge in [0.1, 0.15) is 5.82 Å². The quantitative estimate of drug-likeness (QED) is 0.751. The van der Waals surface area contributed by atoms with Crippen LogP contribution in [0.25, 0.3) is 0 Å². The summed E-state index contributed by atoms with van der Waals surface area (Å²) in [7, 11) is 3.27. The Morgan fingerprint density at radius 3 is 2.63 bits per heavy atom. The highest BCUT2D eigenvalue weighted by Gasteiger charge is 2.26. The molecule has 1 aromatic carbocycles. The molecule has 1 fully saturated rings. The van der Waals surface area contributed by atoms with Crippen LogP contribution in [0.15, 0.2) is 41.0 Å². The van der Waals surface area contributed by atoms with Gasteiger partial charge in [0.05, 0.1) is 18.7 Å². The van der Waals surface area contributed by atoms with E-state index < -0.39 is 0 Å². The summed E-state index contributed by atoms with van der Waals surface area (Å²) in [5, 5.41) is 2.91. The summed E-state index contributed by atoms with van der Waals surface area (Å²) in [4.78, 5) is 18.9. The Morgan fingerprint density at radius 1 is 1.22 bits per heavy atom. The fourth-order valence-corrected chi connectivity index (χ4v) is 3.93. The van der Waals surface area contributed by atoms with Gasteiger partial charge in [-0.15, -0.1) is 0 Å². The topological polar surface area (TPSA) is 63.7 Å². The lowest BCUT2D eigenvalue weighted by Crippen LogP contribution is -2.37. The lowest BCUT2D eigenvalue weighted by Gasteiger charge is -2.31. The first-order valence-electron chi connectivity index (χ1n) is 8.96. The summed E-state index contributed by atoms with van der Waals surface area (Å²) in [6.07, 6.45) is 3.35. The van der Waals surface area contributed by atoms with E-state index in [4.69, 9.17) is 9.47 Å². The number of nitrogens with one attached hydrogen (secondary N) is 1. The molecule has 1 N–H and O–H groups in total. The molecule has 0 saturated carbocycles. The van der Waals surface area contributed by atoms with Gasteiger partial charge in [-0.1, -0.05) is 12.1 Å². The number of pyridine rings is 1. The SMILES string of the molecule is COc1ccc(CN2CCC(C(=O)Nc3ccccn3)CC2)c(Br)c1OC. The predicted molar refractivity (Wildman–Crippen MR) is 108 cm³/mol. The van der Waals surface area contributed by atoms with Gasteiger partial charge in [0.25, 0.3) is 0 Å². The molecule has 144 valence electrons. The Kier molecular flexibility index (Phi) is 6.68. The van der Waals surface area contributed by atoms with Crippen LogP contribution in [0.4, 0.5) is 5.82 Å². The molecule has 1 aliphatic heterocycles. The van der Waals surface area contributed by atoms with Crippen molar-refractivity contribution in [2.45, 2.75) is 19.4 Å². The molecule has 1 amide bonds. The largest absolute Gasteiger partial charge is 0.493 e. The molecule has 7 heteroatoms. The average molecular weight is 434 g/mol. The summed E-state index contributed by atoms with van der Waals surface area (Å²) in [6.45, 7) is 2.55. The lowest BCUT2D eigenvalue weighted by atomic mass is 9.95. The minimum Gasteiger partial charge on any atom is -0.493 e. The van der Waals surface area contributed by atoms with Gasteiger partial charge in [0.2, 0.25) is 5.91 Å². The number of nitrogens with zero attached hydrogens (tertiary/aromatic N) is 2. The van der Waals surface area contributed by atoms with Gasteiger partial charge in [-0.3, -0.25) is 9.69 Å². The highest BCUT2D eigenvalue weighted by atomic mass is 79.9. The Labute approximate surface area is 168 Å². The molecule has 27 heavy (non-hydrogen) atoms. The second-order valence-corrected chi connectivity index (χ2v) is 7.32. The van der Waals surface area contributed by atoms with Gasteiger partial charge in [0.15, 0.2) is 11.5 Å². The van der Waals surface area contributed by atoms with Gasteiger partial charge in [-0.2, -0.15) is 0 Å². The smallest absolute Gasteiger partial charge is 0.228 e. The van der Waals surface area contributed by atoms with E-state index in [1.54, 1.807) is 20.4 Å². The van der Waals surface area contributed by atoms with E-state index in [-0.39, 0.29) is 11.8 Å². The van der Waals surface area contributed by atoms with Crippen LogP contribution in [-0.4, -0.2) is 43.1 Å². The normalized spacial score (nSPS) is 15.4. The second kappa shape index (κ2) is 9.19. The van der Waals surface area contributed by atoms with Crippen molar-refractivity contribution in [2.24, 2.45) is 5.92 Å². The zero-order valence-corrected chi connectivity index (χ0v) is 17.2. The molecule has 0 unspecified atom stereocenters. The number of amides is 1. The number of methoxy groups -OCH3 is 2. The summed E-state index contributed by atoms with van der Waals surface area (Å²) < 4.78 is 11.7. The number of carbonyl (C=O) groups excluding carboxylic acids is 1. The van der Waals surface area contributed by atoms with Crippen LogP contribution < -0.4 is 14.8 Å². The Bertz CT molecular complexity index is 778. The molecule has 0 aliphatic carbocycles. The first kappa shape index (κ1) is 19.6. The molecule has 1 aliphatic rings. The molecule has 3 rings (SSSR count). The van der Waals surface area contributed by atoms with E-state index in [0.717, 1.165) is 42.5 Å². The lowest BCUT2D eigenvalue weighted by molar-refractivity contribution is -0.121. The summed E-state index contributed by atoms with van der Waals surface area (Å²) >= 11 is 3.63. The zero-order chi connectivity index (χ0) is 19.2. The maximum absolute atomic E-state index is 12.4. The minimum atomic E-state index is 0.0251. The van der Waals surface area contributed by atoms with E-state index in [1.165, 1.54) is 0 Å². The number of rotatable bonds is 6. The minimum absolute atomic E-state index is 0.0251. The number of likely N-dealkylation sites (tertiary alicyclic amines) is 1. The van der Waals surface area contributed by atoms with Crippen LogP contribution in [0.1, 0.15) is 18.4 Å². The molecule has 0 spiro atoms. The Balaban J connectivity index is 1.56. The molecule has 6 nitrogen and oxygen atoms in total. The van der Waals surface area contributed by atoms with E-state index in [9.17, 15) is 4.79 Å². The Hall–Kier alpha value is -2.12. The summed E-state index contributed by atoms with van der Waals surface area (Å²) in [6, 6.07) is 9.48. The molecule has 0 radical (unpaired) electrons. The molecule has 0 bridgehead atoms. The fourth-order valence-electron chi connectivity index (χ4n) is 3.31. The molecule has 2 heterocycles. The highest BCUT2D eigenvalue weighted by Crippen LogP contribution is 2.38. The van der Waals surface area contributed by atoms with Crippen LogP contribution >= 0.6 is 15.9 Å². The third-order valence-corrected chi connectivity index (χ3v) is 5.70. The van der Waals surface area contributed by atoms with Crippen molar-refractivity contribution in [3.63, 3.8) is 0 Å². The van der Waals surface area contributed by atoms with E-state index in [2.05, 4.69) is 31.1 Å². The van der Waals surface area contributed by atoms with Crippen molar-refractivity contribution < 1.29 is 14.3 Å². The maximum Gasteiger partial charge on any atom is 0.228 e. The summed E-state index contributed by atoms with van der Waals surface area (Å²) in [5.74, 6) is 2.11. The molecular weight excluding hydrogens is 410 g/mol. The number of anilines is 1. The van der Waals surface area contributed by atoms with Crippen LogP contribution in [0.2, 0.25) is 0 Å². The first-order valence-corrected chi connectivity index (χ1v) is 9.75. The van der Waals surface area contributed by atoms with Crippen LogP contribution in [0.3, 0.4) is 0 Å². The van der Waals surface area contributed by atoms with Gasteiger partial charge in [0, 0.05) is 18.7 Å². The maximum atomic E-state index is 12.4. The second-order valence-electron chi connectivity index (χ2n) is 6.53.